The largest absolute Gasteiger partial charge is 0.412 e. The summed E-state index contributed by atoms with van der Waals surface area (Å²) >= 11 is 0. The third kappa shape index (κ3) is 2.49. The maximum absolute atomic E-state index is 13.3. The van der Waals surface area contributed by atoms with E-state index in [2.05, 4.69) is 40.8 Å². The molecule has 0 radical (unpaired) electrons. The Balaban J connectivity index is 1.64. The third-order valence-corrected chi connectivity index (χ3v) is 13.7. The van der Waals surface area contributed by atoms with Gasteiger partial charge in [0.25, 0.3) is 0 Å². The number of Topliss-reactive ketones (excluding diaryl/α,β-unsaturated/α-hetero) is 1. The Labute approximate surface area is 165 Å². The number of hydrogen-bond acceptors (Lipinski definition) is 3. The molecule has 5 heteroatoms. The number of amides is 1. The molecule has 4 rings (SSSR count). The predicted octanol–water partition coefficient (Wildman–Crippen LogP) is 4.68. The zero-order valence-electron chi connectivity index (χ0n) is 18.1. The lowest BCUT2D eigenvalue weighted by Crippen LogP contribution is -2.65. The molecule has 2 heterocycles. The van der Waals surface area contributed by atoms with Gasteiger partial charge in [0.2, 0.25) is 5.91 Å². The molecule has 2 spiro atoms. The van der Waals surface area contributed by atoms with E-state index in [-0.39, 0.29) is 22.0 Å². The first-order chi connectivity index (χ1) is 12.4. The zero-order valence-corrected chi connectivity index (χ0v) is 19.1. The number of piperidine rings is 1. The van der Waals surface area contributed by atoms with Crippen LogP contribution in [-0.2, 0) is 14.0 Å². The SMILES string of the molecule is CC(C)(C)[Si](C)(C)O[C@]1(C)CC[C@]23CCCN4C(=O)CCC42C(=O)C[C@@H]3C1. The summed E-state index contributed by atoms with van der Waals surface area (Å²) in [5.74, 6) is 0.950. The lowest BCUT2D eigenvalue weighted by atomic mass is 9.54. The molecule has 4 atom stereocenters. The highest BCUT2D eigenvalue weighted by Crippen LogP contribution is 2.67. The molecule has 4 nitrogen and oxygen atoms in total. The van der Waals surface area contributed by atoms with Crippen LogP contribution in [0.1, 0.15) is 79.1 Å². The van der Waals surface area contributed by atoms with Crippen molar-refractivity contribution in [2.75, 3.05) is 6.54 Å². The van der Waals surface area contributed by atoms with Crippen LogP contribution in [0.3, 0.4) is 0 Å². The molecule has 0 aromatic rings. The van der Waals surface area contributed by atoms with E-state index >= 15 is 0 Å². The van der Waals surface area contributed by atoms with Gasteiger partial charge in [-0.1, -0.05) is 20.8 Å². The lowest BCUT2D eigenvalue weighted by molar-refractivity contribution is -0.155. The number of rotatable bonds is 2. The van der Waals surface area contributed by atoms with E-state index in [1.165, 1.54) is 0 Å². The van der Waals surface area contributed by atoms with Crippen molar-refractivity contribution in [3.8, 4) is 0 Å². The van der Waals surface area contributed by atoms with Crippen LogP contribution < -0.4 is 0 Å². The molecule has 0 N–H and O–H groups in total. The molecule has 1 amide bonds. The molecule has 27 heavy (non-hydrogen) atoms. The highest BCUT2D eigenvalue weighted by Gasteiger charge is 2.72. The van der Waals surface area contributed by atoms with Crippen LogP contribution in [0.25, 0.3) is 0 Å². The standard InChI is InChI=1S/C22H37NO3Si/c1-19(2,3)27(5,6)26-20(4)11-12-21-9-7-13-23-18(25)8-10-22(21,23)17(24)14-16(21)15-20/h16H,7-15H2,1-6H3/t16-,20-,21+,22?/m1/s1. The summed E-state index contributed by atoms with van der Waals surface area (Å²) in [6.45, 7) is 14.6. The van der Waals surface area contributed by atoms with Crippen LogP contribution in [0.2, 0.25) is 18.1 Å². The first-order valence-corrected chi connectivity index (χ1v) is 13.8. The second-order valence-electron chi connectivity index (χ2n) is 11.5. The predicted molar refractivity (Wildman–Crippen MR) is 109 cm³/mol. The molecule has 2 saturated heterocycles. The van der Waals surface area contributed by atoms with Crippen LogP contribution >= 0.6 is 0 Å². The second-order valence-corrected chi connectivity index (χ2v) is 16.2. The summed E-state index contributed by atoms with van der Waals surface area (Å²) in [6.07, 6.45) is 7.19. The Morgan fingerprint density at radius 3 is 2.48 bits per heavy atom. The summed E-state index contributed by atoms with van der Waals surface area (Å²) < 4.78 is 6.93. The van der Waals surface area contributed by atoms with Gasteiger partial charge in [-0.2, -0.15) is 0 Å². The van der Waals surface area contributed by atoms with Crippen LogP contribution in [0, 0.1) is 11.3 Å². The van der Waals surface area contributed by atoms with Gasteiger partial charge in [0.1, 0.15) is 5.54 Å². The van der Waals surface area contributed by atoms with Gasteiger partial charge < -0.3 is 9.33 Å². The van der Waals surface area contributed by atoms with Gasteiger partial charge in [-0.3, -0.25) is 9.59 Å². The Morgan fingerprint density at radius 1 is 1.11 bits per heavy atom. The van der Waals surface area contributed by atoms with Gasteiger partial charge in [0, 0.05) is 24.8 Å². The molecular formula is C22H37NO3Si. The van der Waals surface area contributed by atoms with E-state index in [1.54, 1.807) is 0 Å². The first kappa shape index (κ1) is 19.6. The highest BCUT2D eigenvalue weighted by molar-refractivity contribution is 6.74. The number of carbonyl (C=O) groups excluding carboxylic acids is 2. The Kier molecular flexibility index (Phi) is 4.13. The van der Waals surface area contributed by atoms with E-state index in [9.17, 15) is 9.59 Å². The summed E-state index contributed by atoms with van der Waals surface area (Å²) in [6, 6.07) is 0. The van der Waals surface area contributed by atoms with E-state index in [4.69, 9.17) is 4.43 Å². The Bertz CT molecular complexity index is 684. The molecule has 2 aliphatic carbocycles. The molecule has 0 bridgehead atoms. The van der Waals surface area contributed by atoms with Crippen molar-refractivity contribution in [1.82, 2.24) is 4.90 Å². The van der Waals surface area contributed by atoms with Crippen molar-refractivity contribution < 1.29 is 14.0 Å². The topological polar surface area (TPSA) is 46.6 Å². The number of ketones is 1. The molecule has 0 aromatic carbocycles. The average Bonchev–Trinajstić information content (AvgIpc) is 3.00. The lowest BCUT2D eigenvalue weighted by Gasteiger charge is -2.59. The minimum absolute atomic E-state index is 0.0186. The van der Waals surface area contributed by atoms with Crippen molar-refractivity contribution in [3.05, 3.63) is 0 Å². The molecule has 2 saturated carbocycles. The summed E-state index contributed by atoms with van der Waals surface area (Å²) in [5.41, 5.74) is -0.578. The number of hydrogen-bond donors (Lipinski definition) is 0. The summed E-state index contributed by atoms with van der Waals surface area (Å²) in [7, 11) is -1.86. The number of carbonyl (C=O) groups is 2. The van der Waals surface area contributed by atoms with Gasteiger partial charge in [0.15, 0.2) is 14.1 Å². The monoisotopic (exact) mass is 391 g/mol. The van der Waals surface area contributed by atoms with Crippen molar-refractivity contribution in [2.45, 2.75) is 108 Å². The fourth-order valence-electron chi connectivity index (χ4n) is 6.84. The van der Waals surface area contributed by atoms with Crippen molar-refractivity contribution in [1.29, 1.82) is 0 Å². The van der Waals surface area contributed by atoms with Crippen LogP contribution in [-0.4, -0.2) is 42.6 Å². The molecule has 1 unspecified atom stereocenters. The van der Waals surface area contributed by atoms with E-state index in [1.807, 2.05) is 4.90 Å². The normalized spacial score (nSPS) is 42.1. The molecule has 0 aromatic heterocycles. The smallest absolute Gasteiger partial charge is 0.223 e. The first-order valence-electron chi connectivity index (χ1n) is 10.9. The summed E-state index contributed by atoms with van der Waals surface area (Å²) in [4.78, 5) is 27.9. The molecule has 2 aliphatic heterocycles. The molecule has 152 valence electrons. The van der Waals surface area contributed by atoms with E-state index < -0.39 is 13.9 Å². The average molecular weight is 392 g/mol. The van der Waals surface area contributed by atoms with Crippen LogP contribution in [0.5, 0.6) is 0 Å². The Morgan fingerprint density at radius 2 is 1.81 bits per heavy atom. The number of nitrogens with zero attached hydrogens (tertiary/aromatic N) is 1. The molecular weight excluding hydrogens is 354 g/mol. The third-order valence-electron chi connectivity index (χ3n) is 9.05. The highest BCUT2D eigenvalue weighted by atomic mass is 28.4. The minimum Gasteiger partial charge on any atom is -0.412 e. The quantitative estimate of drug-likeness (QED) is 0.642. The van der Waals surface area contributed by atoms with Gasteiger partial charge in [-0.25, -0.2) is 0 Å². The maximum atomic E-state index is 13.3. The summed E-state index contributed by atoms with van der Waals surface area (Å²) in [5, 5.41) is 0.192. The minimum atomic E-state index is -1.86. The van der Waals surface area contributed by atoms with Crippen molar-refractivity contribution in [3.63, 3.8) is 0 Å². The van der Waals surface area contributed by atoms with Crippen LogP contribution in [0.15, 0.2) is 0 Å². The zero-order chi connectivity index (χ0) is 19.9. The molecule has 4 fully saturated rings. The second kappa shape index (κ2) is 5.68. The van der Waals surface area contributed by atoms with Gasteiger partial charge in [-0.05, 0) is 69.5 Å². The van der Waals surface area contributed by atoms with Gasteiger partial charge >= 0.3 is 0 Å². The van der Waals surface area contributed by atoms with E-state index in [0.717, 1.165) is 45.1 Å². The fraction of sp³-hybridized carbons (Fsp3) is 0.909. The maximum Gasteiger partial charge on any atom is 0.223 e. The van der Waals surface area contributed by atoms with Gasteiger partial charge in [0.05, 0.1) is 5.60 Å². The van der Waals surface area contributed by atoms with E-state index in [0.29, 0.717) is 24.5 Å². The van der Waals surface area contributed by atoms with Gasteiger partial charge in [-0.15, -0.1) is 0 Å². The molecule has 4 aliphatic rings. The van der Waals surface area contributed by atoms with Crippen LogP contribution in [0.4, 0.5) is 0 Å². The van der Waals surface area contributed by atoms with Crippen molar-refractivity contribution in [2.24, 2.45) is 11.3 Å². The fourth-order valence-corrected chi connectivity index (χ4v) is 8.56. The Hall–Kier alpha value is -0.683. The van der Waals surface area contributed by atoms with Crippen molar-refractivity contribution >= 4 is 20.0 Å².